The molecule has 0 spiro atoms. The van der Waals surface area contributed by atoms with E-state index < -0.39 is 31.4 Å². The van der Waals surface area contributed by atoms with E-state index in [0.29, 0.717) is 31.2 Å². The lowest BCUT2D eigenvalue weighted by Crippen LogP contribution is -2.31. The topological polar surface area (TPSA) is 172 Å². The normalized spacial score (nSPS) is 16.8. The van der Waals surface area contributed by atoms with Crippen LogP contribution in [0.2, 0.25) is 0 Å². The zero-order chi connectivity index (χ0) is 47.3. The fourth-order valence-corrected chi connectivity index (χ4v) is 10.7. The van der Waals surface area contributed by atoms with Gasteiger partial charge in [0.2, 0.25) is 0 Å². The molecule has 7 aromatic rings. The molecule has 10 rings (SSSR count). The summed E-state index contributed by atoms with van der Waals surface area (Å²) >= 11 is 0. The number of amides is 1. The Bertz CT molecular complexity index is 3130. The lowest BCUT2D eigenvalue weighted by atomic mass is 9.90. The lowest BCUT2D eigenvalue weighted by molar-refractivity contribution is -0.384. The van der Waals surface area contributed by atoms with E-state index in [-0.39, 0.29) is 29.0 Å². The van der Waals surface area contributed by atoms with Crippen LogP contribution in [0.1, 0.15) is 65.2 Å². The molecule has 2 fully saturated rings. The van der Waals surface area contributed by atoms with E-state index in [9.17, 15) is 23.3 Å². The van der Waals surface area contributed by atoms with Crippen molar-refractivity contribution in [2.24, 2.45) is 5.92 Å². The van der Waals surface area contributed by atoms with Gasteiger partial charge in [0.15, 0.2) is 0 Å². The Balaban J connectivity index is 0.884. The standard InChI is InChI=1S/C54H53N7O7S/c62-54(58-69(65,66)45-17-19-49(51(33-45)61(63)64)56-34-37-23-29-67-30-24-37)48-18-14-41(32-52(48)68-44-31-42-20-25-55-53(42)57-35-44)39-12-15-43(16-13-39)60-26-6-11-50(60)47-10-5-4-9-46(47)40-21-27-59(28-22-40)36-38-7-2-1-3-8-38/h1-5,7-10,12-21,25,31-33,35,37,50,56H,6,11,22-24,26-30,34,36H2,(H,55,57)(H,58,62)/t50-/m1/s1. The van der Waals surface area contributed by atoms with Crippen LogP contribution in [0.5, 0.6) is 11.5 Å². The minimum Gasteiger partial charge on any atom is -0.455 e. The van der Waals surface area contributed by atoms with Crippen molar-refractivity contribution in [3.8, 4) is 22.6 Å². The van der Waals surface area contributed by atoms with Crippen molar-refractivity contribution in [3.05, 3.63) is 178 Å². The van der Waals surface area contributed by atoms with Crippen LogP contribution < -0.4 is 19.7 Å². The van der Waals surface area contributed by atoms with E-state index in [4.69, 9.17) is 9.47 Å². The summed E-state index contributed by atoms with van der Waals surface area (Å²) in [5.74, 6) is -0.278. The van der Waals surface area contributed by atoms with Crippen LogP contribution in [-0.2, 0) is 21.3 Å². The summed E-state index contributed by atoms with van der Waals surface area (Å²) in [4.78, 5) is 37.6. The third-order valence-electron chi connectivity index (χ3n) is 13.4. The average Bonchev–Trinajstić information content (AvgIpc) is 4.07. The first-order valence-electron chi connectivity index (χ1n) is 23.5. The molecule has 69 heavy (non-hydrogen) atoms. The van der Waals surface area contributed by atoms with Gasteiger partial charge in [-0.25, -0.2) is 18.1 Å². The summed E-state index contributed by atoms with van der Waals surface area (Å²) in [5, 5.41) is 16.0. The van der Waals surface area contributed by atoms with Gasteiger partial charge in [-0.15, -0.1) is 0 Å². The number of anilines is 2. The minimum absolute atomic E-state index is 0.0621. The van der Waals surface area contributed by atoms with Gasteiger partial charge in [0.1, 0.15) is 22.8 Å². The molecule has 2 saturated heterocycles. The molecule has 352 valence electrons. The van der Waals surface area contributed by atoms with Gasteiger partial charge in [0.25, 0.3) is 21.6 Å². The summed E-state index contributed by atoms with van der Waals surface area (Å²) < 4.78 is 41.4. The van der Waals surface area contributed by atoms with E-state index in [0.717, 1.165) is 86.6 Å². The zero-order valence-corrected chi connectivity index (χ0v) is 38.9. The number of pyridine rings is 1. The molecule has 1 atom stereocenters. The Morgan fingerprint density at radius 1 is 0.884 bits per heavy atom. The van der Waals surface area contributed by atoms with E-state index in [1.165, 1.54) is 46.7 Å². The van der Waals surface area contributed by atoms with Crippen molar-refractivity contribution in [3.63, 3.8) is 0 Å². The van der Waals surface area contributed by atoms with Crippen LogP contribution in [-0.4, -0.2) is 73.5 Å². The molecule has 0 aliphatic carbocycles. The van der Waals surface area contributed by atoms with Gasteiger partial charge in [-0.3, -0.25) is 19.8 Å². The van der Waals surface area contributed by atoms with Crippen molar-refractivity contribution in [1.82, 2.24) is 19.6 Å². The summed E-state index contributed by atoms with van der Waals surface area (Å²) in [6, 6.07) is 40.2. The largest absolute Gasteiger partial charge is 0.455 e. The number of rotatable bonds is 15. The second-order valence-corrected chi connectivity index (χ2v) is 19.6. The van der Waals surface area contributed by atoms with E-state index in [1.807, 2.05) is 18.2 Å². The molecule has 0 radical (unpaired) electrons. The molecule has 15 heteroatoms. The molecule has 0 saturated carbocycles. The van der Waals surface area contributed by atoms with Crippen LogP contribution in [0.3, 0.4) is 0 Å². The predicted molar refractivity (Wildman–Crippen MR) is 268 cm³/mol. The molecule has 3 aliphatic heterocycles. The highest BCUT2D eigenvalue weighted by Crippen LogP contribution is 2.41. The van der Waals surface area contributed by atoms with Crippen molar-refractivity contribution in [2.75, 3.05) is 49.6 Å². The number of nitro benzene ring substituents is 1. The van der Waals surface area contributed by atoms with Gasteiger partial charge in [-0.2, -0.15) is 0 Å². The molecule has 5 aromatic carbocycles. The van der Waals surface area contributed by atoms with Crippen molar-refractivity contribution < 1.29 is 27.6 Å². The van der Waals surface area contributed by atoms with Gasteiger partial charge in [0.05, 0.1) is 27.6 Å². The number of carbonyl (C=O) groups excluding carboxylic acids is 1. The molecular weight excluding hydrogens is 891 g/mol. The van der Waals surface area contributed by atoms with Gasteiger partial charge in [-0.1, -0.05) is 78.9 Å². The maximum absolute atomic E-state index is 14.0. The Labute approximate surface area is 401 Å². The summed E-state index contributed by atoms with van der Waals surface area (Å²) in [6.45, 7) is 5.53. The number of benzene rings is 5. The number of aromatic amines is 1. The van der Waals surface area contributed by atoms with Crippen LogP contribution >= 0.6 is 0 Å². The monoisotopic (exact) mass is 943 g/mol. The lowest BCUT2D eigenvalue weighted by Gasteiger charge is -2.31. The molecule has 14 nitrogen and oxygen atoms in total. The molecule has 1 amide bonds. The van der Waals surface area contributed by atoms with Crippen LogP contribution in [0.4, 0.5) is 17.1 Å². The summed E-state index contributed by atoms with van der Waals surface area (Å²) in [6.07, 6.45) is 10.4. The molecule has 3 N–H and O–H groups in total. The summed E-state index contributed by atoms with van der Waals surface area (Å²) in [7, 11) is -4.58. The van der Waals surface area contributed by atoms with Crippen molar-refractivity contribution >= 4 is 49.6 Å². The number of aromatic nitrogens is 2. The number of nitro groups is 1. The number of hydrogen-bond acceptors (Lipinski definition) is 11. The first-order chi connectivity index (χ1) is 33.6. The summed E-state index contributed by atoms with van der Waals surface area (Å²) in [5.41, 5.74) is 8.48. The van der Waals surface area contributed by atoms with Gasteiger partial charge in [-0.05, 0) is 120 Å². The molecule has 2 aromatic heterocycles. The Morgan fingerprint density at radius 2 is 1.68 bits per heavy atom. The fraction of sp³-hybridized carbons (Fsp3) is 0.259. The molecule has 0 unspecified atom stereocenters. The number of fused-ring (bicyclic) bond motifs is 1. The predicted octanol–water partition coefficient (Wildman–Crippen LogP) is 10.5. The van der Waals surface area contributed by atoms with E-state index in [1.54, 1.807) is 24.4 Å². The number of nitrogens with zero attached hydrogens (tertiary/aromatic N) is 4. The van der Waals surface area contributed by atoms with Gasteiger partial charge < -0.3 is 24.7 Å². The maximum Gasteiger partial charge on any atom is 0.293 e. The zero-order valence-electron chi connectivity index (χ0n) is 38.1. The number of H-pyrrole nitrogens is 1. The smallest absolute Gasteiger partial charge is 0.293 e. The Hall–Kier alpha value is -7.33. The Morgan fingerprint density at radius 3 is 2.48 bits per heavy atom. The number of hydrogen-bond donors (Lipinski definition) is 3. The van der Waals surface area contributed by atoms with Gasteiger partial charge in [0, 0.05) is 69.3 Å². The highest BCUT2D eigenvalue weighted by Gasteiger charge is 2.30. The number of ether oxygens (including phenoxy) is 2. The highest BCUT2D eigenvalue weighted by atomic mass is 32.2. The molecule has 3 aliphatic rings. The average molecular weight is 944 g/mol. The first-order valence-corrected chi connectivity index (χ1v) is 25.0. The Kier molecular flexibility index (Phi) is 13.2. The number of sulfonamides is 1. The first kappa shape index (κ1) is 45.5. The molecule has 0 bridgehead atoms. The second-order valence-electron chi connectivity index (χ2n) is 17.9. The van der Waals surface area contributed by atoms with Crippen LogP contribution in [0.25, 0.3) is 27.7 Å². The molecular formula is C54H53N7O7S. The second kappa shape index (κ2) is 20.1. The third kappa shape index (κ3) is 10.3. The van der Waals surface area contributed by atoms with Crippen LogP contribution in [0, 0.1) is 16.0 Å². The van der Waals surface area contributed by atoms with Crippen LogP contribution in [0.15, 0.2) is 151 Å². The molecule has 5 heterocycles. The highest BCUT2D eigenvalue weighted by molar-refractivity contribution is 7.90. The van der Waals surface area contributed by atoms with Gasteiger partial charge >= 0.3 is 0 Å². The minimum atomic E-state index is -4.58. The maximum atomic E-state index is 14.0. The number of carbonyl (C=O) groups is 1. The van der Waals surface area contributed by atoms with Crippen molar-refractivity contribution in [2.45, 2.75) is 49.6 Å². The quantitative estimate of drug-likeness (QED) is 0.0660. The third-order valence-corrected chi connectivity index (χ3v) is 14.8. The van der Waals surface area contributed by atoms with E-state index >= 15 is 0 Å². The van der Waals surface area contributed by atoms with Crippen molar-refractivity contribution in [1.29, 1.82) is 0 Å². The number of nitrogens with one attached hydrogen (secondary N) is 3. The van der Waals surface area contributed by atoms with E-state index in [2.05, 4.69) is 103 Å². The SMILES string of the molecule is O=C(NS(=O)(=O)c1ccc(NCC2CCOCC2)c([N+](=O)[O-])c1)c1ccc(-c2ccc(N3CCC[C@@H]3c3ccccc3C3=CCN(Cc4ccccc4)CC3)cc2)cc1Oc1cnc2[nH]ccc2c1. The fourth-order valence-electron chi connectivity index (χ4n) is 9.76.